The van der Waals surface area contributed by atoms with Gasteiger partial charge in [0.1, 0.15) is 12.0 Å². The maximum absolute atomic E-state index is 5.95. The van der Waals surface area contributed by atoms with E-state index in [0.29, 0.717) is 29.5 Å². The molecule has 0 spiro atoms. The standard InChI is InChI=1S/C12H21N5O/c1-8-6-9(4-5-17(8)2)16-11-10(13)12(18-3)15-7-14-11/h7-9H,4-6,13H2,1-3H3,(H,14,15,16). The van der Waals surface area contributed by atoms with Crippen molar-refractivity contribution in [3.05, 3.63) is 6.33 Å². The molecule has 1 aromatic heterocycles. The molecule has 0 aromatic carbocycles. The molecule has 1 aliphatic rings. The average Bonchev–Trinajstić information content (AvgIpc) is 2.36. The van der Waals surface area contributed by atoms with E-state index >= 15 is 0 Å². The lowest BCUT2D eigenvalue weighted by Gasteiger charge is -2.35. The highest BCUT2D eigenvalue weighted by Gasteiger charge is 2.23. The molecular formula is C12H21N5O. The molecule has 2 atom stereocenters. The second kappa shape index (κ2) is 5.39. The number of nitrogens with zero attached hydrogens (tertiary/aromatic N) is 3. The van der Waals surface area contributed by atoms with Crippen molar-refractivity contribution in [3.63, 3.8) is 0 Å². The van der Waals surface area contributed by atoms with Crippen molar-refractivity contribution >= 4 is 11.5 Å². The molecule has 1 aliphatic heterocycles. The van der Waals surface area contributed by atoms with Gasteiger partial charge in [0.25, 0.3) is 0 Å². The highest BCUT2D eigenvalue weighted by Crippen LogP contribution is 2.27. The van der Waals surface area contributed by atoms with Crippen molar-refractivity contribution < 1.29 is 4.74 Å². The normalized spacial score (nSPS) is 24.8. The van der Waals surface area contributed by atoms with Crippen LogP contribution in [-0.2, 0) is 0 Å². The third kappa shape index (κ3) is 2.64. The Kier molecular flexibility index (Phi) is 3.86. The average molecular weight is 251 g/mol. The Hall–Kier alpha value is -1.56. The Morgan fingerprint density at radius 1 is 1.50 bits per heavy atom. The SMILES string of the molecule is COc1ncnc(NC2CCN(C)C(C)C2)c1N. The minimum Gasteiger partial charge on any atom is -0.479 e. The molecule has 0 saturated carbocycles. The summed E-state index contributed by atoms with van der Waals surface area (Å²) in [6, 6.07) is 0.972. The fourth-order valence-corrected chi connectivity index (χ4v) is 2.27. The van der Waals surface area contributed by atoms with Crippen molar-refractivity contribution in [3.8, 4) is 5.88 Å². The van der Waals surface area contributed by atoms with Crippen LogP contribution in [-0.4, -0.2) is 47.7 Å². The second-order valence-electron chi connectivity index (χ2n) is 4.84. The number of hydrogen-bond donors (Lipinski definition) is 2. The summed E-state index contributed by atoms with van der Waals surface area (Å²) < 4.78 is 5.09. The number of rotatable bonds is 3. The highest BCUT2D eigenvalue weighted by molar-refractivity contribution is 5.66. The van der Waals surface area contributed by atoms with Gasteiger partial charge in [-0.05, 0) is 26.8 Å². The number of piperidine rings is 1. The van der Waals surface area contributed by atoms with Crippen LogP contribution in [0.5, 0.6) is 5.88 Å². The number of methoxy groups -OCH3 is 1. The zero-order chi connectivity index (χ0) is 13.1. The van der Waals surface area contributed by atoms with Crippen molar-refractivity contribution in [1.29, 1.82) is 0 Å². The van der Waals surface area contributed by atoms with Crippen LogP contribution in [0.3, 0.4) is 0 Å². The van der Waals surface area contributed by atoms with Crippen LogP contribution < -0.4 is 15.8 Å². The molecule has 1 fully saturated rings. The second-order valence-corrected chi connectivity index (χ2v) is 4.84. The summed E-state index contributed by atoms with van der Waals surface area (Å²) in [4.78, 5) is 10.5. The van der Waals surface area contributed by atoms with Crippen LogP contribution >= 0.6 is 0 Å². The van der Waals surface area contributed by atoms with Crippen LogP contribution in [0.4, 0.5) is 11.5 Å². The minimum absolute atomic E-state index is 0.401. The van der Waals surface area contributed by atoms with Crippen LogP contribution in [0.25, 0.3) is 0 Å². The number of anilines is 2. The quantitative estimate of drug-likeness (QED) is 0.833. The zero-order valence-electron chi connectivity index (χ0n) is 11.2. The third-order valence-corrected chi connectivity index (χ3v) is 3.59. The number of ether oxygens (including phenoxy) is 1. The Labute approximate surface area is 108 Å². The Morgan fingerprint density at radius 3 is 2.94 bits per heavy atom. The maximum Gasteiger partial charge on any atom is 0.242 e. The lowest BCUT2D eigenvalue weighted by Crippen LogP contribution is -2.42. The summed E-state index contributed by atoms with van der Waals surface area (Å²) in [6.45, 7) is 3.32. The van der Waals surface area contributed by atoms with E-state index in [9.17, 15) is 0 Å². The van der Waals surface area contributed by atoms with Crippen molar-refractivity contribution in [2.75, 3.05) is 31.8 Å². The lowest BCUT2D eigenvalue weighted by atomic mass is 9.99. The van der Waals surface area contributed by atoms with E-state index in [-0.39, 0.29) is 0 Å². The lowest BCUT2D eigenvalue weighted by molar-refractivity contribution is 0.190. The molecule has 100 valence electrons. The van der Waals surface area contributed by atoms with Gasteiger partial charge in [-0.1, -0.05) is 0 Å². The first-order chi connectivity index (χ1) is 8.61. The molecule has 2 heterocycles. The molecule has 6 heteroatoms. The highest BCUT2D eigenvalue weighted by atomic mass is 16.5. The summed E-state index contributed by atoms with van der Waals surface area (Å²) in [7, 11) is 3.71. The molecule has 0 radical (unpaired) electrons. The molecule has 1 aromatic rings. The van der Waals surface area contributed by atoms with E-state index in [2.05, 4.69) is 34.2 Å². The molecule has 2 rings (SSSR count). The largest absolute Gasteiger partial charge is 0.479 e. The van der Waals surface area contributed by atoms with Crippen molar-refractivity contribution in [1.82, 2.24) is 14.9 Å². The molecular weight excluding hydrogens is 230 g/mol. The summed E-state index contributed by atoms with van der Waals surface area (Å²) in [5.74, 6) is 1.09. The number of nitrogens with one attached hydrogen (secondary N) is 1. The van der Waals surface area contributed by atoms with Crippen molar-refractivity contribution in [2.45, 2.75) is 31.8 Å². The third-order valence-electron chi connectivity index (χ3n) is 3.59. The van der Waals surface area contributed by atoms with E-state index < -0.39 is 0 Å². The first kappa shape index (κ1) is 12.9. The molecule has 0 amide bonds. The molecule has 3 N–H and O–H groups in total. The van der Waals surface area contributed by atoms with E-state index in [1.54, 1.807) is 7.11 Å². The predicted octanol–water partition coefficient (Wildman–Crippen LogP) is 0.962. The van der Waals surface area contributed by atoms with Gasteiger partial charge in [-0.15, -0.1) is 0 Å². The number of nitrogens with two attached hydrogens (primary N) is 1. The molecule has 6 nitrogen and oxygen atoms in total. The van der Waals surface area contributed by atoms with Gasteiger partial charge in [0.15, 0.2) is 5.82 Å². The van der Waals surface area contributed by atoms with Gasteiger partial charge < -0.3 is 20.7 Å². The number of nitrogen functional groups attached to an aromatic ring is 1. The maximum atomic E-state index is 5.95. The summed E-state index contributed by atoms with van der Waals surface area (Å²) in [5, 5.41) is 3.39. The fraction of sp³-hybridized carbons (Fsp3) is 0.667. The molecule has 18 heavy (non-hydrogen) atoms. The monoisotopic (exact) mass is 251 g/mol. The molecule has 1 saturated heterocycles. The van der Waals surface area contributed by atoms with Gasteiger partial charge in [0.05, 0.1) is 7.11 Å². The Morgan fingerprint density at radius 2 is 2.28 bits per heavy atom. The van der Waals surface area contributed by atoms with Gasteiger partial charge in [-0.3, -0.25) is 0 Å². The van der Waals surface area contributed by atoms with Crippen molar-refractivity contribution in [2.24, 2.45) is 0 Å². The van der Waals surface area contributed by atoms with E-state index in [1.807, 2.05) is 0 Å². The molecule has 0 bridgehead atoms. The molecule has 0 aliphatic carbocycles. The van der Waals surface area contributed by atoms with Crippen LogP contribution in [0.15, 0.2) is 6.33 Å². The Balaban J connectivity index is 2.06. The summed E-state index contributed by atoms with van der Waals surface area (Å²) in [5.41, 5.74) is 6.43. The van der Waals surface area contributed by atoms with Gasteiger partial charge in [-0.2, -0.15) is 4.98 Å². The molecule has 2 unspecified atom stereocenters. The number of likely N-dealkylation sites (tertiary alicyclic amines) is 1. The van der Waals surface area contributed by atoms with Gasteiger partial charge in [0.2, 0.25) is 5.88 Å². The smallest absolute Gasteiger partial charge is 0.242 e. The minimum atomic E-state index is 0.401. The summed E-state index contributed by atoms with van der Waals surface area (Å²) in [6.07, 6.45) is 3.64. The number of aromatic nitrogens is 2. The van der Waals surface area contributed by atoms with Crippen LogP contribution in [0.2, 0.25) is 0 Å². The number of hydrogen-bond acceptors (Lipinski definition) is 6. The fourth-order valence-electron chi connectivity index (χ4n) is 2.27. The summed E-state index contributed by atoms with van der Waals surface area (Å²) >= 11 is 0. The van der Waals surface area contributed by atoms with Gasteiger partial charge >= 0.3 is 0 Å². The van der Waals surface area contributed by atoms with Crippen LogP contribution in [0, 0.1) is 0 Å². The van der Waals surface area contributed by atoms with Crippen LogP contribution in [0.1, 0.15) is 19.8 Å². The van der Waals surface area contributed by atoms with E-state index in [1.165, 1.54) is 6.33 Å². The van der Waals surface area contributed by atoms with E-state index in [4.69, 9.17) is 10.5 Å². The predicted molar refractivity (Wildman–Crippen MR) is 71.7 cm³/mol. The zero-order valence-corrected chi connectivity index (χ0v) is 11.2. The van der Waals surface area contributed by atoms with Gasteiger partial charge in [-0.25, -0.2) is 4.98 Å². The first-order valence-corrected chi connectivity index (χ1v) is 6.23. The topological polar surface area (TPSA) is 76.3 Å². The van der Waals surface area contributed by atoms with Gasteiger partial charge in [0, 0.05) is 18.6 Å². The van der Waals surface area contributed by atoms with E-state index in [0.717, 1.165) is 19.4 Å². The Bertz CT molecular complexity index is 411. The first-order valence-electron chi connectivity index (χ1n) is 6.23.